The molecule has 18 heavy (non-hydrogen) atoms. The molecule has 96 valence electrons. The van der Waals surface area contributed by atoms with E-state index in [2.05, 4.69) is 33.9 Å². The summed E-state index contributed by atoms with van der Waals surface area (Å²) in [6.07, 6.45) is 6.03. The summed E-state index contributed by atoms with van der Waals surface area (Å²) in [5.41, 5.74) is 8.20. The zero-order chi connectivity index (χ0) is 12.4. The van der Waals surface area contributed by atoms with Crippen LogP contribution in [0.5, 0.6) is 0 Å². The number of nitrogen functional groups attached to an aromatic ring is 1. The Balaban J connectivity index is 1.67. The number of nitrogens with two attached hydrogens (primary N) is 1. The van der Waals surface area contributed by atoms with Crippen LogP contribution in [0.4, 0.5) is 5.69 Å². The molecule has 2 N–H and O–H groups in total. The predicted octanol–water partition coefficient (Wildman–Crippen LogP) is 2.71. The number of aryl methyl sites for hydroxylation is 1. The molecule has 0 bridgehead atoms. The molecule has 1 aromatic carbocycles. The van der Waals surface area contributed by atoms with Crippen molar-refractivity contribution in [3.63, 3.8) is 0 Å². The molecule has 3 heteroatoms. The van der Waals surface area contributed by atoms with Crippen LogP contribution in [0.1, 0.15) is 19.3 Å². The van der Waals surface area contributed by atoms with E-state index in [-0.39, 0.29) is 0 Å². The van der Waals surface area contributed by atoms with Gasteiger partial charge < -0.3 is 15.2 Å². The van der Waals surface area contributed by atoms with E-state index in [0.29, 0.717) is 0 Å². The maximum absolute atomic E-state index is 6.04. The van der Waals surface area contributed by atoms with E-state index >= 15 is 0 Å². The van der Waals surface area contributed by atoms with Gasteiger partial charge in [0.1, 0.15) is 0 Å². The number of rotatable bonds is 4. The van der Waals surface area contributed by atoms with Crippen molar-refractivity contribution < 1.29 is 0 Å². The summed E-state index contributed by atoms with van der Waals surface area (Å²) in [6, 6.07) is 8.38. The van der Waals surface area contributed by atoms with Crippen molar-refractivity contribution in [2.45, 2.75) is 25.8 Å². The zero-order valence-electron chi connectivity index (χ0n) is 10.8. The summed E-state index contributed by atoms with van der Waals surface area (Å²) in [5.74, 6) is 0. The Hall–Kier alpha value is -1.48. The van der Waals surface area contributed by atoms with E-state index in [1.165, 1.54) is 49.8 Å². The predicted molar refractivity (Wildman–Crippen MR) is 76.6 cm³/mol. The van der Waals surface area contributed by atoms with Crippen molar-refractivity contribution in [2.75, 3.05) is 25.4 Å². The van der Waals surface area contributed by atoms with Crippen LogP contribution in [0.15, 0.2) is 30.5 Å². The highest BCUT2D eigenvalue weighted by Gasteiger charge is 2.11. The fourth-order valence-corrected chi connectivity index (χ4v) is 2.93. The summed E-state index contributed by atoms with van der Waals surface area (Å²) in [6.45, 7) is 4.85. The Kier molecular flexibility index (Phi) is 3.24. The summed E-state index contributed by atoms with van der Waals surface area (Å²) in [5, 5.41) is 1.18. The van der Waals surface area contributed by atoms with Crippen LogP contribution in [0.2, 0.25) is 0 Å². The van der Waals surface area contributed by atoms with Crippen LogP contribution in [0.3, 0.4) is 0 Å². The molecule has 0 amide bonds. The highest BCUT2D eigenvalue weighted by Crippen LogP contribution is 2.23. The molecule has 0 spiro atoms. The summed E-state index contributed by atoms with van der Waals surface area (Å²) >= 11 is 0. The monoisotopic (exact) mass is 243 g/mol. The third kappa shape index (κ3) is 2.23. The van der Waals surface area contributed by atoms with Crippen molar-refractivity contribution >= 4 is 16.6 Å². The van der Waals surface area contributed by atoms with Gasteiger partial charge in [-0.15, -0.1) is 0 Å². The second kappa shape index (κ2) is 5.02. The number of anilines is 1. The van der Waals surface area contributed by atoms with E-state index in [1.807, 2.05) is 6.07 Å². The Morgan fingerprint density at radius 2 is 1.83 bits per heavy atom. The van der Waals surface area contributed by atoms with Crippen LogP contribution >= 0.6 is 0 Å². The van der Waals surface area contributed by atoms with Crippen molar-refractivity contribution in [2.24, 2.45) is 0 Å². The van der Waals surface area contributed by atoms with E-state index in [4.69, 9.17) is 5.73 Å². The lowest BCUT2D eigenvalue weighted by Gasteiger charge is -2.14. The molecule has 0 aliphatic carbocycles. The van der Waals surface area contributed by atoms with Gasteiger partial charge in [-0.25, -0.2) is 0 Å². The van der Waals surface area contributed by atoms with Crippen LogP contribution in [-0.2, 0) is 6.54 Å². The minimum Gasteiger partial charge on any atom is -0.397 e. The highest BCUT2D eigenvalue weighted by molar-refractivity contribution is 5.91. The lowest BCUT2D eigenvalue weighted by atomic mass is 10.2. The number of benzene rings is 1. The standard InChI is InChI=1S/C15H21N3/c16-14-12-18(15-7-2-1-6-13(14)15)11-5-10-17-8-3-4-9-17/h1-2,6-7,12H,3-5,8-11,16H2. The van der Waals surface area contributed by atoms with Crippen molar-refractivity contribution in [1.29, 1.82) is 0 Å². The Labute approximate surface area is 108 Å². The fraction of sp³-hybridized carbons (Fsp3) is 0.467. The number of hydrogen-bond acceptors (Lipinski definition) is 2. The van der Waals surface area contributed by atoms with Crippen molar-refractivity contribution in [3.8, 4) is 0 Å². The highest BCUT2D eigenvalue weighted by atomic mass is 15.1. The first kappa shape index (κ1) is 11.6. The number of nitrogens with zero attached hydrogens (tertiary/aromatic N) is 2. The molecule has 3 nitrogen and oxygen atoms in total. The van der Waals surface area contributed by atoms with Crippen LogP contribution in [0, 0.1) is 0 Å². The third-order valence-corrected chi connectivity index (χ3v) is 3.89. The average Bonchev–Trinajstić information content (AvgIpc) is 3.00. The van der Waals surface area contributed by atoms with Gasteiger partial charge >= 0.3 is 0 Å². The summed E-state index contributed by atoms with van der Waals surface area (Å²) < 4.78 is 2.29. The fourth-order valence-electron chi connectivity index (χ4n) is 2.93. The SMILES string of the molecule is Nc1cn(CCCN2CCCC2)c2ccccc12. The molecule has 1 aliphatic rings. The van der Waals surface area contributed by atoms with Gasteiger partial charge in [-0.2, -0.15) is 0 Å². The normalized spacial score (nSPS) is 16.7. The smallest absolute Gasteiger partial charge is 0.0573 e. The zero-order valence-corrected chi connectivity index (χ0v) is 10.8. The first-order valence-electron chi connectivity index (χ1n) is 6.90. The van der Waals surface area contributed by atoms with E-state index in [9.17, 15) is 0 Å². The molecule has 3 rings (SSSR count). The quantitative estimate of drug-likeness (QED) is 0.896. The van der Waals surface area contributed by atoms with Crippen molar-refractivity contribution in [3.05, 3.63) is 30.5 Å². The largest absolute Gasteiger partial charge is 0.397 e. The van der Waals surface area contributed by atoms with Gasteiger partial charge in [-0.3, -0.25) is 0 Å². The Morgan fingerprint density at radius 1 is 1.06 bits per heavy atom. The number of likely N-dealkylation sites (tertiary alicyclic amines) is 1. The number of para-hydroxylation sites is 1. The first-order chi connectivity index (χ1) is 8.84. The third-order valence-electron chi connectivity index (χ3n) is 3.89. The molecular formula is C15H21N3. The lowest BCUT2D eigenvalue weighted by Crippen LogP contribution is -2.21. The van der Waals surface area contributed by atoms with Gasteiger partial charge in [0, 0.05) is 18.1 Å². The first-order valence-corrected chi connectivity index (χ1v) is 6.90. The molecule has 0 radical (unpaired) electrons. The average molecular weight is 243 g/mol. The van der Waals surface area contributed by atoms with E-state index in [1.54, 1.807) is 0 Å². The van der Waals surface area contributed by atoms with Gasteiger partial charge in [0.2, 0.25) is 0 Å². The van der Waals surface area contributed by atoms with Gasteiger partial charge in [0.25, 0.3) is 0 Å². The molecule has 1 saturated heterocycles. The topological polar surface area (TPSA) is 34.2 Å². The summed E-state index contributed by atoms with van der Waals surface area (Å²) in [7, 11) is 0. The molecule has 0 saturated carbocycles. The van der Waals surface area contributed by atoms with Crippen LogP contribution < -0.4 is 5.73 Å². The molecular weight excluding hydrogens is 222 g/mol. The van der Waals surface area contributed by atoms with Gasteiger partial charge in [0.15, 0.2) is 0 Å². The van der Waals surface area contributed by atoms with E-state index in [0.717, 1.165) is 12.2 Å². The van der Waals surface area contributed by atoms with Gasteiger partial charge in [-0.05, 0) is 45.0 Å². The molecule has 2 aromatic rings. The van der Waals surface area contributed by atoms with Crippen LogP contribution in [0.25, 0.3) is 10.9 Å². The maximum atomic E-state index is 6.04. The summed E-state index contributed by atoms with van der Waals surface area (Å²) in [4.78, 5) is 2.56. The molecule has 0 atom stereocenters. The second-order valence-corrected chi connectivity index (χ2v) is 5.20. The minimum absolute atomic E-state index is 0.895. The van der Waals surface area contributed by atoms with Crippen LogP contribution in [-0.4, -0.2) is 29.1 Å². The van der Waals surface area contributed by atoms with Gasteiger partial charge in [-0.1, -0.05) is 18.2 Å². The molecule has 1 fully saturated rings. The number of aromatic nitrogens is 1. The Morgan fingerprint density at radius 3 is 2.67 bits per heavy atom. The molecule has 1 aromatic heterocycles. The van der Waals surface area contributed by atoms with Gasteiger partial charge in [0.05, 0.1) is 11.2 Å². The van der Waals surface area contributed by atoms with E-state index < -0.39 is 0 Å². The minimum atomic E-state index is 0.895. The number of hydrogen-bond donors (Lipinski definition) is 1. The van der Waals surface area contributed by atoms with Crippen molar-refractivity contribution in [1.82, 2.24) is 9.47 Å². The second-order valence-electron chi connectivity index (χ2n) is 5.20. The Bertz CT molecular complexity index is 524. The number of fused-ring (bicyclic) bond motifs is 1. The molecule has 0 unspecified atom stereocenters. The molecule has 1 aliphatic heterocycles. The lowest BCUT2D eigenvalue weighted by molar-refractivity contribution is 0.326. The molecule has 2 heterocycles. The maximum Gasteiger partial charge on any atom is 0.0573 e.